The number of hydrogen-bond acceptors (Lipinski definition) is 5. The lowest BCUT2D eigenvalue weighted by Gasteiger charge is -2.08. The van der Waals surface area contributed by atoms with E-state index < -0.39 is 11.8 Å². The van der Waals surface area contributed by atoms with Crippen LogP contribution >= 0.6 is 11.6 Å². The van der Waals surface area contributed by atoms with Crippen molar-refractivity contribution < 1.29 is 9.59 Å². The standard InChI is InChI=1S/C17H14ClN5O3/c18-12-7-5-11(6-8-12)16(25)21-20-15(24)9-10-23-17(26)13-3-1-2-4-14(13)19-22-23/h1-8H,9-10H2,(H,20,24)(H,21,25). The third kappa shape index (κ3) is 4.04. The van der Waals surface area contributed by atoms with Crippen molar-refractivity contribution in [3.05, 3.63) is 69.5 Å². The topological polar surface area (TPSA) is 106 Å². The molecule has 8 nitrogen and oxygen atoms in total. The van der Waals surface area contributed by atoms with Crippen molar-refractivity contribution in [2.24, 2.45) is 0 Å². The summed E-state index contributed by atoms with van der Waals surface area (Å²) in [6.07, 6.45) is -0.0478. The van der Waals surface area contributed by atoms with Crippen LogP contribution in [0.4, 0.5) is 0 Å². The normalized spacial score (nSPS) is 10.5. The summed E-state index contributed by atoms with van der Waals surface area (Å²) in [5.41, 5.74) is 5.10. The summed E-state index contributed by atoms with van der Waals surface area (Å²) in [5.74, 6) is -0.938. The lowest BCUT2D eigenvalue weighted by Crippen LogP contribution is -2.42. The third-order valence-corrected chi connectivity index (χ3v) is 3.85. The van der Waals surface area contributed by atoms with Crippen molar-refractivity contribution in [1.29, 1.82) is 0 Å². The fourth-order valence-corrected chi connectivity index (χ4v) is 2.37. The molecule has 132 valence electrons. The molecule has 0 fully saturated rings. The lowest BCUT2D eigenvalue weighted by atomic mass is 10.2. The largest absolute Gasteiger partial charge is 0.277 e. The highest BCUT2D eigenvalue weighted by Crippen LogP contribution is 2.09. The van der Waals surface area contributed by atoms with Crippen LogP contribution in [0.2, 0.25) is 5.02 Å². The monoisotopic (exact) mass is 371 g/mol. The number of carbonyl (C=O) groups is 2. The van der Waals surface area contributed by atoms with Gasteiger partial charge in [-0.3, -0.25) is 25.2 Å². The van der Waals surface area contributed by atoms with Gasteiger partial charge in [-0.05, 0) is 36.4 Å². The number of amides is 2. The van der Waals surface area contributed by atoms with Crippen LogP contribution in [0.1, 0.15) is 16.8 Å². The Morgan fingerprint density at radius 1 is 1.04 bits per heavy atom. The molecule has 26 heavy (non-hydrogen) atoms. The number of benzene rings is 2. The number of rotatable bonds is 4. The summed E-state index contributed by atoms with van der Waals surface area (Å²) in [6.45, 7) is 0.0410. The Bertz CT molecular complexity index is 1020. The maximum absolute atomic E-state index is 12.3. The zero-order chi connectivity index (χ0) is 18.5. The minimum absolute atomic E-state index is 0.0410. The second kappa shape index (κ2) is 7.75. The highest BCUT2D eigenvalue weighted by molar-refractivity contribution is 6.30. The molecule has 0 aliphatic rings. The van der Waals surface area contributed by atoms with Gasteiger partial charge in [0, 0.05) is 17.0 Å². The van der Waals surface area contributed by atoms with Crippen molar-refractivity contribution in [1.82, 2.24) is 25.8 Å². The van der Waals surface area contributed by atoms with E-state index in [1.54, 1.807) is 36.4 Å². The van der Waals surface area contributed by atoms with E-state index >= 15 is 0 Å². The smallest absolute Gasteiger partial charge is 0.273 e. The van der Waals surface area contributed by atoms with E-state index in [0.717, 1.165) is 4.68 Å². The van der Waals surface area contributed by atoms with Gasteiger partial charge in [0.15, 0.2) is 0 Å². The second-order valence-corrected chi connectivity index (χ2v) is 5.83. The third-order valence-electron chi connectivity index (χ3n) is 3.60. The molecular weight excluding hydrogens is 358 g/mol. The zero-order valence-corrected chi connectivity index (χ0v) is 14.2. The molecule has 0 aliphatic carbocycles. The first-order valence-corrected chi connectivity index (χ1v) is 8.10. The van der Waals surface area contributed by atoms with E-state index in [2.05, 4.69) is 21.2 Å². The SMILES string of the molecule is O=C(CCn1nnc2ccccc2c1=O)NNC(=O)c1ccc(Cl)cc1. The van der Waals surface area contributed by atoms with Crippen molar-refractivity contribution in [3.8, 4) is 0 Å². The maximum atomic E-state index is 12.3. The lowest BCUT2D eigenvalue weighted by molar-refractivity contribution is -0.122. The number of nitrogens with one attached hydrogen (secondary N) is 2. The molecule has 0 aliphatic heterocycles. The highest BCUT2D eigenvalue weighted by Gasteiger charge is 2.09. The minimum Gasteiger partial charge on any atom is -0.273 e. The Kier molecular flexibility index (Phi) is 5.23. The van der Waals surface area contributed by atoms with Gasteiger partial charge in [0.1, 0.15) is 5.52 Å². The number of aromatic nitrogens is 3. The Morgan fingerprint density at radius 2 is 1.77 bits per heavy atom. The van der Waals surface area contributed by atoms with E-state index in [1.807, 2.05) is 0 Å². The molecule has 2 N–H and O–H groups in total. The van der Waals surface area contributed by atoms with E-state index in [4.69, 9.17) is 11.6 Å². The van der Waals surface area contributed by atoms with Crippen LogP contribution in [0, 0.1) is 0 Å². The summed E-state index contributed by atoms with van der Waals surface area (Å²) in [5, 5.41) is 8.68. The van der Waals surface area contributed by atoms with E-state index in [9.17, 15) is 14.4 Å². The van der Waals surface area contributed by atoms with E-state index in [1.165, 1.54) is 12.1 Å². The molecule has 0 radical (unpaired) electrons. The number of nitrogens with zero attached hydrogens (tertiary/aromatic N) is 3. The van der Waals surface area contributed by atoms with Gasteiger partial charge in [-0.1, -0.05) is 28.9 Å². The predicted molar refractivity (Wildman–Crippen MR) is 95.5 cm³/mol. The average molecular weight is 372 g/mol. The Labute approximate surface area is 152 Å². The summed E-state index contributed by atoms with van der Waals surface area (Å²) >= 11 is 5.75. The van der Waals surface area contributed by atoms with E-state index in [0.29, 0.717) is 21.5 Å². The molecule has 3 aromatic rings. The summed E-state index contributed by atoms with van der Waals surface area (Å²) < 4.78 is 1.11. The molecule has 2 aromatic carbocycles. The first kappa shape index (κ1) is 17.6. The van der Waals surface area contributed by atoms with Gasteiger partial charge in [0.05, 0.1) is 11.9 Å². The van der Waals surface area contributed by atoms with Crippen molar-refractivity contribution >= 4 is 34.3 Å². The highest BCUT2D eigenvalue weighted by atomic mass is 35.5. The van der Waals surface area contributed by atoms with Gasteiger partial charge in [-0.25, -0.2) is 4.68 Å². The fourth-order valence-electron chi connectivity index (χ4n) is 2.24. The van der Waals surface area contributed by atoms with Gasteiger partial charge < -0.3 is 0 Å². The molecule has 3 rings (SSSR count). The quantitative estimate of drug-likeness (QED) is 0.672. The molecule has 0 saturated heterocycles. The summed E-state index contributed by atoms with van der Waals surface area (Å²) in [6, 6.07) is 13.0. The molecule has 2 amide bonds. The number of hydrogen-bond donors (Lipinski definition) is 2. The van der Waals surface area contributed by atoms with Crippen molar-refractivity contribution in [2.75, 3.05) is 0 Å². The van der Waals surface area contributed by atoms with Crippen LogP contribution < -0.4 is 16.4 Å². The zero-order valence-electron chi connectivity index (χ0n) is 13.5. The molecule has 0 atom stereocenters. The van der Waals surface area contributed by atoms with Gasteiger partial charge in [0.25, 0.3) is 11.5 Å². The van der Waals surface area contributed by atoms with Crippen LogP contribution in [0.25, 0.3) is 10.9 Å². The molecule has 1 aromatic heterocycles. The van der Waals surface area contributed by atoms with Gasteiger partial charge >= 0.3 is 0 Å². The predicted octanol–water partition coefficient (Wildman–Crippen LogP) is 1.30. The molecule has 0 bridgehead atoms. The molecule has 0 spiro atoms. The summed E-state index contributed by atoms with van der Waals surface area (Å²) in [4.78, 5) is 36.0. The van der Waals surface area contributed by atoms with Crippen LogP contribution in [0.5, 0.6) is 0 Å². The Morgan fingerprint density at radius 3 is 2.54 bits per heavy atom. The van der Waals surface area contributed by atoms with Crippen LogP contribution in [0.15, 0.2) is 53.3 Å². The number of halogens is 1. The number of hydrazine groups is 1. The molecule has 0 saturated carbocycles. The Hall–Kier alpha value is -3.26. The van der Waals surface area contributed by atoms with Gasteiger partial charge in [-0.2, -0.15) is 0 Å². The van der Waals surface area contributed by atoms with Crippen LogP contribution in [-0.4, -0.2) is 26.8 Å². The van der Waals surface area contributed by atoms with Crippen LogP contribution in [-0.2, 0) is 11.3 Å². The number of aryl methyl sites for hydroxylation is 1. The average Bonchev–Trinajstić information content (AvgIpc) is 2.66. The molecule has 9 heteroatoms. The minimum atomic E-state index is -0.474. The molecular formula is C17H14ClN5O3. The van der Waals surface area contributed by atoms with Gasteiger partial charge in [0.2, 0.25) is 5.91 Å². The molecule has 1 heterocycles. The number of carbonyl (C=O) groups excluding carboxylic acids is 2. The second-order valence-electron chi connectivity index (χ2n) is 5.39. The van der Waals surface area contributed by atoms with Crippen molar-refractivity contribution in [3.63, 3.8) is 0 Å². The summed E-state index contributed by atoms with van der Waals surface area (Å²) in [7, 11) is 0. The first-order chi connectivity index (χ1) is 12.5. The van der Waals surface area contributed by atoms with Gasteiger partial charge in [-0.15, -0.1) is 5.10 Å². The number of fused-ring (bicyclic) bond motifs is 1. The fraction of sp³-hybridized carbons (Fsp3) is 0.118. The van der Waals surface area contributed by atoms with E-state index in [-0.39, 0.29) is 18.5 Å². The maximum Gasteiger partial charge on any atom is 0.277 e. The first-order valence-electron chi connectivity index (χ1n) is 7.72. The van der Waals surface area contributed by atoms with Crippen molar-refractivity contribution in [2.45, 2.75) is 13.0 Å². The Balaban J connectivity index is 1.56. The van der Waals surface area contributed by atoms with Crippen LogP contribution in [0.3, 0.4) is 0 Å². The molecule has 0 unspecified atom stereocenters.